The maximum atomic E-state index is 12.3. The Morgan fingerprint density at radius 1 is 1.37 bits per heavy atom. The van der Waals surface area contributed by atoms with Gasteiger partial charge in [0.25, 0.3) is 0 Å². The van der Waals surface area contributed by atoms with Crippen LogP contribution < -0.4 is 10.5 Å². The van der Waals surface area contributed by atoms with E-state index < -0.39 is 5.97 Å². The molecule has 27 heavy (non-hydrogen) atoms. The molecule has 0 unspecified atom stereocenters. The van der Waals surface area contributed by atoms with Crippen molar-refractivity contribution >= 4 is 28.9 Å². The number of nitrogens with zero attached hydrogens (tertiary/aromatic N) is 3. The highest BCUT2D eigenvalue weighted by molar-refractivity contribution is 6.06. The molecule has 2 aromatic heterocycles. The number of fused-ring (bicyclic) bond motifs is 1. The van der Waals surface area contributed by atoms with Crippen molar-refractivity contribution in [3.8, 4) is 11.6 Å². The number of carbonyl (C=O) groups excluding carboxylic acids is 1. The Hall–Kier alpha value is -3.62. The Labute approximate surface area is 155 Å². The van der Waals surface area contributed by atoms with E-state index in [1.54, 1.807) is 19.1 Å². The monoisotopic (exact) mass is 369 g/mol. The van der Waals surface area contributed by atoms with Crippen molar-refractivity contribution in [2.45, 2.75) is 13.8 Å². The Balaban J connectivity index is 2.02. The summed E-state index contributed by atoms with van der Waals surface area (Å²) in [5.74, 6) is 0.494. The van der Waals surface area contributed by atoms with E-state index in [-0.39, 0.29) is 11.7 Å². The third-order valence-electron chi connectivity index (χ3n) is 3.82. The third-order valence-corrected chi connectivity index (χ3v) is 3.82. The Morgan fingerprint density at radius 2 is 2.19 bits per heavy atom. The normalized spacial score (nSPS) is 11.1. The first-order valence-electron chi connectivity index (χ1n) is 8.19. The lowest BCUT2D eigenvalue weighted by molar-refractivity contribution is 0.0528. The van der Waals surface area contributed by atoms with Crippen molar-refractivity contribution in [1.82, 2.24) is 15.0 Å². The van der Waals surface area contributed by atoms with Crippen LogP contribution in [0, 0.1) is 6.92 Å². The molecular weight excluding hydrogens is 350 g/mol. The number of ether oxygens (including phenoxy) is 2. The standard InChI is InChI=1S/C18H19N5O4/c1-4-26-18(24)15-10(2)23-14-6-5-11(7-12(14)15)27-17-13(8-22-25-3)16(19)20-9-21-17/h5-9,23H,4H2,1-3H3,(H2,19,20,21)/b22-8+. The number of oxime groups is 1. The van der Waals surface area contributed by atoms with Gasteiger partial charge in [0.15, 0.2) is 0 Å². The van der Waals surface area contributed by atoms with Gasteiger partial charge < -0.3 is 25.0 Å². The van der Waals surface area contributed by atoms with Gasteiger partial charge in [-0.25, -0.2) is 14.8 Å². The summed E-state index contributed by atoms with van der Waals surface area (Å²) in [6.45, 7) is 3.87. The van der Waals surface area contributed by atoms with Crippen molar-refractivity contribution in [1.29, 1.82) is 0 Å². The number of nitrogens with one attached hydrogen (secondary N) is 1. The van der Waals surface area contributed by atoms with Gasteiger partial charge in [0.05, 0.1) is 18.4 Å². The maximum absolute atomic E-state index is 12.3. The number of nitrogens with two attached hydrogens (primary N) is 1. The van der Waals surface area contributed by atoms with Gasteiger partial charge in [-0.2, -0.15) is 0 Å². The first-order valence-corrected chi connectivity index (χ1v) is 8.19. The molecule has 0 bridgehead atoms. The van der Waals surface area contributed by atoms with Gasteiger partial charge in [-0.15, -0.1) is 0 Å². The highest BCUT2D eigenvalue weighted by atomic mass is 16.6. The lowest BCUT2D eigenvalue weighted by Crippen LogP contribution is -2.05. The summed E-state index contributed by atoms with van der Waals surface area (Å²) < 4.78 is 11.0. The van der Waals surface area contributed by atoms with Gasteiger partial charge in [-0.05, 0) is 32.0 Å². The van der Waals surface area contributed by atoms with Crippen LogP contribution in [0.4, 0.5) is 5.82 Å². The number of hydrogen-bond acceptors (Lipinski definition) is 8. The van der Waals surface area contributed by atoms with E-state index in [4.69, 9.17) is 15.2 Å². The molecule has 9 heteroatoms. The number of hydrogen-bond donors (Lipinski definition) is 2. The molecule has 0 aliphatic carbocycles. The number of benzene rings is 1. The SMILES string of the molecule is CCOC(=O)c1c(C)[nH]c2ccc(Oc3ncnc(N)c3/C=N/OC)cc12. The van der Waals surface area contributed by atoms with E-state index >= 15 is 0 Å². The Bertz CT molecular complexity index is 1010. The van der Waals surface area contributed by atoms with Crippen LogP contribution in [0.25, 0.3) is 10.9 Å². The van der Waals surface area contributed by atoms with Crippen LogP contribution >= 0.6 is 0 Å². The van der Waals surface area contributed by atoms with E-state index in [9.17, 15) is 4.79 Å². The minimum atomic E-state index is -0.391. The predicted molar refractivity (Wildman–Crippen MR) is 100 cm³/mol. The van der Waals surface area contributed by atoms with Crippen LogP contribution in [-0.4, -0.2) is 40.9 Å². The molecule has 0 aliphatic heterocycles. The van der Waals surface area contributed by atoms with E-state index in [1.165, 1.54) is 19.7 Å². The van der Waals surface area contributed by atoms with E-state index in [2.05, 4.69) is 24.9 Å². The maximum Gasteiger partial charge on any atom is 0.340 e. The second kappa shape index (κ2) is 7.73. The van der Waals surface area contributed by atoms with E-state index in [1.807, 2.05) is 13.0 Å². The molecule has 0 saturated carbocycles. The molecule has 2 heterocycles. The fourth-order valence-electron chi connectivity index (χ4n) is 2.65. The number of aromatic nitrogens is 3. The van der Waals surface area contributed by atoms with Gasteiger partial charge in [-0.1, -0.05) is 5.16 Å². The second-order valence-corrected chi connectivity index (χ2v) is 5.55. The molecule has 3 rings (SSSR count). The first kappa shape index (κ1) is 18.2. The van der Waals surface area contributed by atoms with E-state index in [0.29, 0.717) is 28.9 Å². The smallest absolute Gasteiger partial charge is 0.340 e. The van der Waals surface area contributed by atoms with Gasteiger partial charge in [0.1, 0.15) is 30.6 Å². The fraction of sp³-hybridized carbons (Fsp3) is 0.222. The molecule has 0 fully saturated rings. The lowest BCUT2D eigenvalue weighted by Gasteiger charge is -2.09. The summed E-state index contributed by atoms with van der Waals surface area (Å²) >= 11 is 0. The topological polar surface area (TPSA) is 125 Å². The van der Waals surface area contributed by atoms with Crippen molar-refractivity contribution in [3.05, 3.63) is 41.3 Å². The summed E-state index contributed by atoms with van der Waals surface area (Å²) in [6.07, 6.45) is 2.66. The fourth-order valence-corrected chi connectivity index (χ4v) is 2.65. The average Bonchev–Trinajstić information content (AvgIpc) is 2.96. The highest BCUT2D eigenvalue weighted by Crippen LogP contribution is 2.30. The van der Waals surface area contributed by atoms with Crippen LogP contribution in [0.1, 0.15) is 28.5 Å². The average molecular weight is 369 g/mol. The Kier molecular flexibility index (Phi) is 5.20. The van der Waals surface area contributed by atoms with Crippen molar-refractivity contribution in [2.24, 2.45) is 5.16 Å². The zero-order chi connectivity index (χ0) is 19.4. The quantitative estimate of drug-likeness (QED) is 0.389. The Morgan fingerprint density at radius 3 is 2.93 bits per heavy atom. The van der Waals surface area contributed by atoms with Crippen LogP contribution in [-0.2, 0) is 9.57 Å². The molecule has 140 valence electrons. The predicted octanol–water partition coefficient (Wildman–Crippen LogP) is 2.80. The molecular formula is C18H19N5O4. The summed E-state index contributed by atoms with van der Waals surface area (Å²) in [5.41, 5.74) is 8.24. The summed E-state index contributed by atoms with van der Waals surface area (Å²) in [5, 5.41) is 4.38. The number of nitrogen functional groups attached to an aromatic ring is 1. The van der Waals surface area contributed by atoms with Crippen molar-refractivity contribution in [2.75, 3.05) is 19.5 Å². The van der Waals surface area contributed by atoms with Crippen LogP contribution in [0.3, 0.4) is 0 Å². The molecule has 3 aromatic rings. The summed E-state index contributed by atoms with van der Waals surface area (Å²) in [6, 6.07) is 5.30. The molecule has 0 atom stereocenters. The molecule has 0 saturated heterocycles. The largest absolute Gasteiger partial charge is 0.462 e. The van der Waals surface area contributed by atoms with Gasteiger partial charge >= 0.3 is 5.97 Å². The molecule has 1 aromatic carbocycles. The number of carbonyl (C=O) groups is 1. The lowest BCUT2D eigenvalue weighted by atomic mass is 10.1. The van der Waals surface area contributed by atoms with Crippen LogP contribution in [0.5, 0.6) is 11.6 Å². The third kappa shape index (κ3) is 3.66. The molecule has 0 radical (unpaired) electrons. The second-order valence-electron chi connectivity index (χ2n) is 5.55. The molecule has 0 spiro atoms. The number of rotatable bonds is 6. The number of aryl methyl sites for hydroxylation is 1. The molecule has 0 aliphatic rings. The zero-order valence-electron chi connectivity index (χ0n) is 15.1. The van der Waals surface area contributed by atoms with Crippen LogP contribution in [0.15, 0.2) is 29.7 Å². The minimum Gasteiger partial charge on any atom is -0.462 e. The number of aromatic amines is 1. The van der Waals surface area contributed by atoms with Gasteiger partial charge in [0.2, 0.25) is 5.88 Å². The number of H-pyrrole nitrogens is 1. The summed E-state index contributed by atoms with van der Waals surface area (Å²) in [7, 11) is 1.41. The first-order chi connectivity index (χ1) is 13.0. The molecule has 0 amide bonds. The minimum absolute atomic E-state index is 0.201. The molecule has 3 N–H and O–H groups in total. The number of anilines is 1. The zero-order valence-corrected chi connectivity index (χ0v) is 15.1. The van der Waals surface area contributed by atoms with Crippen LogP contribution in [0.2, 0.25) is 0 Å². The van der Waals surface area contributed by atoms with Crippen molar-refractivity contribution in [3.63, 3.8) is 0 Å². The number of esters is 1. The van der Waals surface area contributed by atoms with Gasteiger partial charge in [0, 0.05) is 16.6 Å². The summed E-state index contributed by atoms with van der Waals surface area (Å²) in [4.78, 5) is 28.1. The van der Waals surface area contributed by atoms with E-state index in [0.717, 1.165) is 11.2 Å². The molecule has 9 nitrogen and oxygen atoms in total. The highest BCUT2D eigenvalue weighted by Gasteiger charge is 2.18. The van der Waals surface area contributed by atoms with Crippen molar-refractivity contribution < 1.29 is 19.1 Å². The van der Waals surface area contributed by atoms with Gasteiger partial charge in [-0.3, -0.25) is 0 Å².